The molecule has 0 saturated heterocycles. The van der Waals surface area contributed by atoms with E-state index >= 15 is 0 Å². The molecule has 19 heavy (non-hydrogen) atoms. The number of hydrogen-bond donors (Lipinski definition) is 0. The molecule has 2 aromatic carbocycles. The molecule has 0 spiro atoms. The summed E-state index contributed by atoms with van der Waals surface area (Å²) in [6.45, 7) is 1.44. The summed E-state index contributed by atoms with van der Waals surface area (Å²) in [5.41, 5.74) is 1.98. The highest BCUT2D eigenvalue weighted by Gasteiger charge is 2.17. The molecule has 98 valence electrons. The number of ether oxygens (including phenoxy) is 1. The molecule has 2 aromatic rings. The Morgan fingerprint density at radius 2 is 1.47 bits per heavy atom. The van der Waals surface area contributed by atoms with Gasteiger partial charge in [0, 0.05) is 14.1 Å². The van der Waals surface area contributed by atoms with Crippen LogP contribution >= 0.6 is 45.2 Å². The molecule has 0 unspecified atom stereocenters. The van der Waals surface area contributed by atoms with E-state index < -0.39 is 0 Å². The van der Waals surface area contributed by atoms with Gasteiger partial charge < -0.3 is 4.74 Å². The van der Waals surface area contributed by atoms with Crippen molar-refractivity contribution >= 4 is 51.2 Å². The van der Waals surface area contributed by atoms with Gasteiger partial charge in [-0.3, -0.25) is 4.79 Å². The van der Waals surface area contributed by atoms with Crippen molar-refractivity contribution in [2.45, 2.75) is 13.0 Å². The highest BCUT2D eigenvalue weighted by Crippen LogP contribution is 2.28. The second-order valence-electron chi connectivity index (χ2n) is 4.10. The number of rotatable bonds is 3. The molecule has 0 atom stereocenters. The van der Waals surface area contributed by atoms with Crippen LogP contribution in [0.4, 0.5) is 0 Å². The van der Waals surface area contributed by atoms with Crippen molar-refractivity contribution in [3.8, 4) is 0 Å². The van der Waals surface area contributed by atoms with Crippen LogP contribution in [0.2, 0.25) is 0 Å². The zero-order chi connectivity index (χ0) is 13.8. The lowest BCUT2D eigenvalue weighted by atomic mass is 10.0. The lowest BCUT2D eigenvalue weighted by Crippen LogP contribution is -2.10. The molecule has 0 bridgehead atoms. The highest BCUT2D eigenvalue weighted by atomic mass is 127. The van der Waals surface area contributed by atoms with Crippen LogP contribution < -0.4 is 0 Å². The molecule has 0 radical (unpaired) electrons. The summed E-state index contributed by atoms with van der Waals surface area (Å²) in [5.74, 6) is -0.275. The van der Waals surface area contributed by atoms with Gasteiger partial charge in [-0.25, -0.2) is 0 Å². The summed E-state index contributed by atoms with van der Waals surface area (Å²) in [5, 5.41) is 0. The molecule has 0 aliphatic heterocycles. The molecule has 0 aliphatic carbocycles. The third kappa shape index (κ3) is 4.17. The summed E-state index contributed by atoms with van der Waals surface area (Å²) in [4.78, 5) is 11.3. The number of carbonyl (C=O) groups excluding carboxylic acids is 1. The minimum absolute atomic E-state index is 0.275. The fourth-order valence-corrected chi connectivity index (χ4v) is 2.97. The van der Waals surface area contributed by atoms with Gasteiger partial charge in [-0.15, -0.1) is 0 Å². The van der Waals surface area contributed by atoms with Crippen LogP contribution in [0.5, 0.6) is 0 Å². The van der Waals surface area contributed by atoms with Crippen molar-refractivity contribution in [3.05, 3.63) is 66.8 Å². The zero-order valence-corrected chi connectivity index (χ0v) is 14.6. The van der Waals surface area contributed by atoms with Crippen molar-refractivity contribution < 1.29 is 9.53 Å². The second kappa shape index (κ2) is 6.69. The Morgan fingerprint density at radius 3 is 1.84 bits per heavy atom. The zero-order valence-electron chi connectivity index (χ0n) is 10.3. The van der Waals surface area contributed by atoms with Gasteiger partial charge >= 0.3 is 5.97 Å². The number of carbonyl (C=O) groups is 1. The van der Waals surface area contributed by atoms with Gasteiger partial charge in [0.25, 0.3) is 0 Å². The number of esters is 1. The number of benzene rings is 2. The van der Waals surface area contributed by atoms with Crippen LogP contribution in [0.3, 0.4) is 0 Å². The first-order valence-electron chi connectivity index (χ1n) is 5.74. The second-order valence-corrected chi connectivity index (χ2v) is 6.59. The van der Waals surface area contributed by atoms with E-state index in [1.807, 2.05) is 48.5 Å². The average Bonchev–Trinajstić information content (AvgIpc) is 2.35. The fourth-order valence-electron chi connectivity index (χ4n) is 1.83. The summed E-state index contributed by atoms with van der Waals surface area (Å²) in [7, 11) is 0. The van der Waals surface area contributed by atoms with E-state index in [9.17, 15) is 4.79 Å². The molecule has 0 fully saturated rings. The molecule has 0 saturated carbocycles. The lowest BCUT2D eigenvalue weighted by Gasteiger charge is -2.18. The average molecular weight is 478 g/mol. The first-order chi connectivity index (χ1) is 9.06. The Morgan fingerprint density at radius 1 is 1.00 bits per heavy atom. The van der Waals surface area contributed by atoms with E-state index in [-0.39, 0.29) is 12.1 Å². The Balaban J connectivity index is 2.44. The van der Waals surface area contributed by atoms with Crippen molar-refractivity contribution in [2.24, 2.45) is 0 Å². The molecule has 0 aromatic heterocycles. The smallest absolute Gasteiger partial charge is 0.303 e. The maximum atomic E-state index is 11.3. The van der Waals surface area contributed by atoms with Crippen molar-refractivity contribution in [1.29, 1.82) is 0 Å². The predicted octanol–water partition coefficient (Wildman–Crippen LogP) is 4.55. The van der Waals surface area contributed by atoms with Gasteiger partial charge in [-0.05, 0) is 80.6 Å². The first-order valence-corrected chi connectivity index (χ1v) is 7.90. The Kier molecular flexibility index (Phi) is 5.20. The minimum Gasteiger partial charge on any atom is -0.453 e. The van der Waals surface area contributed by atoms with Crippen LogP contribution in [-0.4, -0.2) is 5.97 Å². The SMILES string of the molecule is CC(=O)OC(c1cccc(I)c1)c1cccc(I)c1. The number of halogens is 2. The lowest BCUT2D eigenvalue weighted by molar-refractivity contribution is -0.144. The summed E-state index contributed by atoms with van der Waals surface area (Å²) in [6.07, 6.45) is -0.345. The maximum Gasteiger partial charge on any atom is 0.303 e. The van der Waals surface area contributed by atoms with E-state index in [0.29, 0.717) is 0 Å². The Labute approximate surface area is 139 Å². The van der Waals surface area contributed by atoms with Gasteiger partial charge in [0.1, 0.15) is 0 Å². The van der Waals surface area contributed by atoms with Gasteiger partial charge in [0.05, 0.1) is 0 Å². The van der Waals surface area contributed by atoms with Crippen LogP contribution in [0.25, 0.3) is 0 Å². The van der Waals surface area contributed by atoms with E-state index in [2.05, 4.69) is 45.2 Å². The summed E-state index contributed by atoms with van der Waals surface area (Å²) < 4.78 is 7.73. The molecule has 2 nitrogen and oxygen atoms in total. The first kappa shape index (κ1) is 14.8. The third-order valence-corrected chi connectivity index (χ3v) is 3.93. The Hall–Kier alpha value is -0.630. The molecule has 0 N–H and O–H groups in total. The van der Waals surface area contributed by atoms with E-state index in [4.69, 9.17) is 4.74 Å². The molecule has 4 heteroatoms. The summed E-state index contributed by atoms with van der Waals surface area (Å²) >= 11 is 4.51. The number of hydrogen-bond acceptors (Lipinski definition) is 2. The molecule has 0 amide bonds. The molecular weight excluding hydrogens is 466 g/mol. The van der Waals surface area contributed by atoms with Crippen LogP contribution in [0, 0.1) is 7.14 Å². The maximum absolute atomic E-state index is 11.3. The summed E-state index contributed by atoms with van der Waals surface area (Å²) in [6, 6.07) is 16.0. The van der Waals surface area contributed by atoms with Crippen LogP contribution in [-0.2, 0) is 9.53 Å². The van der Waals surface area contributed by atoms with Crippen molar-refractivity contribution in [3.63, 3.8) is 0 Å². The Bertz CT molecular complexity index is 551. The van der Waals surface area contributed by atoms with Gasteiger partial charge in [-0.1, -0.05) is 24.3 Å². The fraction of sp³-hybridized carbons (Fsp3) is 0.133. The van der Waals surface area contributed by atoms with Crippen molar-refractivity contribution in [2.75, 3.05) is 0 Å². The molecule has 0 heterocycles. The monoisotopic (exact) mass is 478 g/mol. The topological polar surface area (TPSA) is 26.3 Å². The molecule has 0 aliphatic rings. The molecule has 2 rings (SSSR count). The normalized spacial score (nSPS) is 10.5. The van der Waals surface area contributed by atoms with E-state index in [0.717, 1.165) is 18.3 Å². The standard InChI is InChI=1S/C15H12I2O2/c1-10(18)19-15(11-4-2-6-13(16)8-11)12-5-3-7-14(17)9-12/h2-9,15H,1H3. The van der Waals surface area contributed by atoms with Crippen molar-refractivity contribution in [1.82, 2.24) is 0 Å². The third-order valence-electron chi connectivity index (χ3n) is 2.59. The van der Waals surface area contributed by atoms with Gasteiger partial charge in [0.2, 0.25) is 0 Å². The van der Waals surface area contributed by atoms with Gasteiger partial charge in [-0.2, -0.15) is 0 Å². The minimum atomic E-state index is -0.345. The highest BCUT2D eigenvalue weighted by molar-refractivity contribution is 14.1. The van der Waals surface area contributed by atoms with E-state index in [1.54, 1.807) is 0 Å². The molecular formula is C15H12I2O2. The quantitative estimate of drug-likeness (QED) is 0.479. The van der Waals surface area contributed by atoms with Gasteiger partial charge in [0.15, 0.2) is 6.10 Å². The predicted molar refractivity (Wildman–Crippen MR) is 91.9 cm³/mol. The largest absolute Gasteiger partial charge is 0.453 e. The van der Waals surface area contributed by atoms with Crippen LogP contribution in [0.1, 0.15) is 24.2 Å². The van der Waals surface area contributed by atoms with E-state index in [1.165, 1.54) is 6.92 Å². The van der Waals surface area contributed by atoms with Crippen LogP contribution in [0.15, 0.2) is 48.5 Å².